The molecule has 0 saturated heterocycles. The third kappa shape index (κ3) is 2.86. The van der Waals surface area contributed by atoms with Crippen molar-refractivity contribution < 1.29 is 8.85 Å². The molecule has 0 aromatic rings. The molecular formula is C8H21NO2Si. The molecule has 0 aliphatic heterocycles. The number of nitrogens with zero attached hydrogens (tertiary/aromatic N) is 1. The van der Waals surface area contributed by atoms with Crippen molar-refractivity contribution in [1.29, 1.82) is 0 Å². The van der Waals surface area contributed by atoms with Gasteiger partial charge in [0.2, 0.25) is 0 Å². The summed E-state index contributed by atoms with van der Waals surface area (Å²) in [6, 6.07) is 1.05. The third-order valence-corrected chi connectivity index (χ3v) is 5.79. The molecule has 0 radical (unpaired) electrons. The van der Waals surface area contributed by atoms with Crippen LogP contribution in [0.3, 0.4) is 0 Å². The molecule has 0 N–H and O–H groups in total. The van der Waals surface area contributed by atoms with E-state index in [9.17, 15) is 0 Å². The highest BCUT2D eigenvalue weighted by molar-refractivity contribution is 6.64. The molecule has 0 spiro atoms. The van der Waals surface area contributed by atoms with E-state index in [2.05, 4.69) is 11.5 Å². The van der Waals surface area contributed by atoms with E-state index < -0.39 is 8.72 Å². The molecule has 74 valence electrons. The van der Waals surface area contributed by atoms with Gasteiger partial charge in [-0.25, -0.2) is 0 Å². The highest BCUT2D eigenvalue weighted by Gasteiger charge is 2.38. The van der Waals surface area contributed by atoms with E-state index in [0.29, 0.717) is 0 Å². The van der Waals surface area contributed by atoms with Gasteiger partial charge in [0, 0.05) is 20.3 Å². The predicted octanol–water partition coefficient (Wildman–Crippen LogP) is 1.58. The molecule has 0 fully saturated rings. The minimum absolute atomic E-state index is 1.05. The second-order valence-corrected chi connectivity index (χ2v) is 6.76. The van der Waals surface area contributed by atoms with Crippen LogP contribution in [0.15, 0.2) is 0 Å². The molecule has 12 heavy (non-hydrogen) atoms. The van der Waals surface area contributed by atoms with E-state index in [-0.39, 0.29) is 0 Å². The molecule has 3 nitrogen and oxygen atoms in total. The fourth-order valence-electron chi connectivity index (χ4n) is 1.28. The summed E-state index contributed by atoms with van der Waals surface area (Å²) < 4.78 is 13.1. The maximum atomic E-state index is 5.49. The SMILES string of the molecule is CCCC[Si](OC)(OC)N(C)C. The lowest BCUT2D eigenvalue weighted by atomic mass is 10.4. The number of hydrogen-bond acceptors (Lipinski definition) is 3. The van der Waals surface area contributed by atoms with Gasteiger partial charge >= 0.3 is 8.72 Å². The largest absolute Gasteiger partial charge is 0.426 e. The van der Waals surface area contributed by atoms with Crippen LogP contribution in [0.4, 0.5) is 0 Å². The molecule has 0 aromatic heterocycles. The van der Waals surface area contributed by atoms with E-state index in [4.69, 9.17) is 8.85 Å². The Morgan fingerprint density at radius 1 is 1.17 bits per heavy atom. The molecule has 0 aliphatic carbocycles. The zero-order valence-corrected chi connectivity index (χ0v) is 9.89. The maximum absolute atomic E-state index is 5.49. The highest BCUT2D eigenvalue weighted by atomic mass is 28.4. The van der Waals surface area contributed by atoms with Gasteiger partial charge in [0.05, 0.1) is 0 Å². The van der Waals surface area contributed by atoms with Gasteiger partial charge in [0.1, 0.15) is 0 Å². The Morgan fingerprint density at radius 2 is 1.67 bits per heavy atom. The predicted molar refractivity (Wildman–Crippen MR) is 53.2 cm³/mol. The van der Waals surface area contributed by atoms with Gasteiger partial charge in [-0.3, -0.25) is 4.57 Å². The molecule has 0 aliphatic rings. The topological polar surface area (TPSA) is 21.7 Å². The molecule has 0 rings (SSSR count). The summed E-state index contributed by atoms with van der Waals surface area (Å²) in [7, 11) is 5.52. The molecule has 0 amide bonds. The van der Waals surface area contributed by atoms with Crippen molar-refractivity contribution in [3.63, 3.8) is 0 Å². The van der Waals surface area contributed by atoms with Gasteiger partial charge in [-0.05, 0) is 14.1 Å². The van der Waals surface area contributed by atoms with Crippen LogP contribution in [0.25, 0.3) is 0 Å². The fraction of sp³-hybridized carbons (Fsp3) is 1.00. The summed E-state index contributed by atoms with van der Waals surface area (Å²) >= 11 is 0. The standard InChI is InChI=1S/C8H21NO2Si/c1-6-7-8-12(10-4,11-5)9(2)3/h6-8H2,1-5H3. The van der Waals surface area contributed by atoms with Crippen molar-refractivity contribution in [2.24, 2.45) is 0 Å². The van der Waals surface area contributed by atoms with Crippen LogP contribution in [0, 0.1) is 0 Å². The average molecular weight is 191 g/mol. The first-order valence-electron chi connectivity index (χ1n) is 4.40. The van der Waals surface area contributed by atoms with Crippen molar-refractivity contribution in [1.82, 2.24) is 4.57 Å². The molecular weight excluding hydrogens is 170 g/mol. The van der Waals surface area contributed by atoms with Crippen molar-refractivity contribution in [2.45, 2.75) is 25.8 Å². The second kappa shape index (κ2) is 5.69. The Balaban J connectivity index is 4.15. The van der Waals surface area contributed by atoms with Gasteiger partial charge in [0.15, 0.2) is 0 Å². The third-order valence-electron chi connectivity index (χ3n) is 2.17. The van der Waals surface area contributed by atoms with E-state index >= 15 is 0 Å². The van der Waals surface area contributed by atoms with Crippen LogP contribution in [0.2, 0.25) is 6.04 Å². The van der Waals surface area contributed by atoms with Gasteiger partial charge < -0.3 is 8.85 Å². The Morgan fingerprint density at radius 3 is 1.92 bits per heavy atom. The molecule has 0 heterocycles. The van der Waals surface area contributed by atoms with E-state index in [1.807, 2.05) is 14.1 Å². The minimum Gasteiger partial charge on any atom is -0.386 e. The average Bonchev–Trinajstić information content (AvgIpc) is 2.07. The van der Waals surface area contributed by atoms with Crippen LogP contribution in [0.1, 0.15) is 19.8 Å². The number of hydrogen-bond donors (Lipinski definition) is 0. The molecule has 0 saturated carbocycles. The first-order valence-corrected chi connectivity index (χ1v) is 6.37. The quantitative estimate of drug-likeness (QED) is 0.595. The Hall–Kier alpha value is 0.0969. The Kier molecular flexibility index (Phi) is 5.74. The van der Waals surface area contributed by atoms with Gasteiger partial charge in [-0.2, -0.15) is 0 Å². The zero-order valence-electron chi connectivity index (χ0n) is 8.89. The van der Waals surface area contributed by atoms with Crippen molar-refractivity contribution >= 4 is 8.72 Å². The first kappa shape index (κ1) is 12.1. The second-order valence-electron chi connectivity index (χ2n) is 3.12. The lowest BCUT2D eigenvalue weighted by Crippen LogP contribution is -2.53. The van der Waals surface area contributed by atoms with Crippen molar-refractivity contribution in [3.05, 3.63) is 0 Å². The van der Waals surface area contributed by atoms with Crippen LogP contribution in [0.5, 0.6) is 0 Å². The summed E-state index contributed by atoms with van der Waals surface area (Å²) in [6.07, 6.45) is 2.36. The fourth-order valence-corrected chi connectivity index (χ4v) is 3.83. The minimum atomic E-state index is -2.01. The summed E-state index contributed by atoms with van der Waals surface area (Å²) in [5.74, 6) is 0. The Labute approximate surface area is 77.0 Å². The van der Waals surface area contributed by atoms with Crippen LogP contribution < -0.4 is 0 Å². The maximum Gasteiger partial charge on any atom is 0.426 e. The molecule has 0 aromatic carbocycles. The molecule has 0 atom stereocenters. The zero-order chi connectivity index (χ0) is 9.61. The van der Waals surface area contributed by atoms with Crippen LogP contribution in [-0.4, -0.2) is 41.6 Å². The van der Waals surface area contributed by atoms with E-state index in [1.54, 1.807) is 14.2 Å². The van der Waals surface area contributed by atoms with Gasteiger partial charge in [-0.1, -0.05) is 19.8 Å². The Bertz CT molecular complexity index is 116. The van der Waals surface area contributed by atoms with E-state index in [1.165, 1.54) is 12.8 Å². The monoisotopic (exact) mass is 191 g/mol. The lowest BCUT2D eigenvalue weighted by Gasteiger charge is -2.32. The summed E-state index contributed by atoms with van der Waals surface area (Å²) in [5.41, 5.74) is 0. The van der Waals surface area contributed by atoms with Gasteiger partial charge in [-0.15, -0.1) is 0 Å². The molecule has 4 heteroatoms. The molecule has 0 bridgehead atoms. The smallest absolute Gasteiger partial charge is 0.386 e. The summed E-state index contributed by atoms with van der Waals surface area (Å²) in [4.78, 5) is 0. The van der Waals surface area contributed by atoms with Crippen LogP contribution in [-0.2, 0) is 8.85 Å². The summed E-state index contributed by atoms with van der Waals surface area (Å²) in [6.45, 7) is 2.18. The van der Waals surface area contributed by atoms with E-state index in [0.717, 1.165) is 6.04 Å². The molecule has 0 unspecified atom stereocenters. The number of unbranched alkanes of at least 4 members (excludes halogenated alkanes) is 1. The van der Waals surface area contributed by atoms with Gasteiger partial charge in [0.25, 0.3) is 0 Å². The number of rotatable bonds is 6. The highest BCUT2D eigenvalue weighted by Crippen LogP contribution is 2.17. The normalized spacial score (nSPS) is 12.5. The summed E-state index contributed by atoms with van der Waals surface area (Å²) in [5, 5.41) is 0. The van der Waals surface area contributed by atoms with Crippen LogP contribution >= 0.6 is 0 Å². The lowest BCUT2D eigenvalue weighted by molar-refractivity contribution is 0.186. The van der Waals surface area contributed by atoms with Crippen molar-refractivity contribution in [3.8, 4) is 0 Å². The first-order chi connectivity index (χ1) is 5.63. The van der Waals surface area contributed by atoms with Crippen molar-refractivity contribution in [2.75, 3.05) is 28.3 Å².